The van der Waals surface area contributed by atoms with Gasteiger partial charge >= 0.3 is 0 Å². The third-order valence-electron chi connectivity index (χ3n) is 1.78. The maximum absolute atomic E-state index is 10.6. The molecule has 0 amide bonds. The average Bonchev–Trinajstić information content (AvgIpc) is 2.46. The Hall–Kier alpha value is -1.38. The maximum Gasteiger partial charge on any atom is 0.167 e. The normalized spacial score (nSPS) is 10.2. The summed E-state index contributed by atoms with van der Waals surface area (Å²) in [6.07, 6.45) is 3.16. The van der Waals surface area contributed by atoms with E-state index >= 15 is 0 Å². The van der Waals surface area contributed by atoms with E-state index in [1.165, 1.54) is 0 Å². The van der Waals surface area contributed by atoms with Crippen LogP contribution in [0.5, 0.6) is 0 Å². The summed E-state index contributed by atoms with van der Waals surface area (Å²) in [7, 11) is 0. The van der Waals surface area contributed by atoms with E-state index < -0.39 is 0 Å². The molecule has 64 valence electrons. The molecule has 0 aliphatic heterocycles. The van der Waals surface area contributed by atoms with Crippen LogP contribution in [-0.4, -0.2) is 17.1 Å². The van der Waals surface area contributed by atoms with Crippen molar-refractivity contribution >= 4 is 12.6 Å². The first-order valence-electron chi connectivity index (χ1n) is 3.82. The fourth-order valence-corrected chi connectivity index (χ4v) is 1.15. The predicted octanol–water partition coefficient (Wildman–Crippen LogP) is 1.69. The molecule has 0 saturated carbocycles. The summed E-state index contributed by atoms with van der Waals surface area (Å²) in [6.45, 7) is 3.92. The van der Waals surface area contributed by atoms with Gasteiger partial charge < -0.3 is 4.57 Å². The molecule has 12 heavy (non-hydrogen) atoms. The lowest BCUT2D eigenvalue weighted by atomic mass is 10.3. The largest absolute Gasteiger partial charge is 0.342 e. The smallest absolute Gasteiger partial charge is 0.167 e. The molecule has 0 fully saturated rings. The number of hydrogen-bond donors (Lipinski definition) is 0. The van der Waals surface area contributed by atoms with Crippen LogP contribution in [0.3, 0.4) is 0 Å². The fourth-order valence-electron chi connectivity index (χ4n) is 1.15. The van der Waals surface area contributed by atoms with Crippen LogP contribution in [0.4, 0.5) is 0 Å². The number of carbonyl (C=O) groups excluding carboxylic acids is 2. The van der Waals surface area contributed by atoms with Gasteiger partial charge in [0.25, 0.3) is 0 Å². The first-order chi connectivity index (χ1) is 5.70. The maximum atomic E-state index is 10.6. The topological polar surface area (TPSA) is 39.1 Å². The van der Waals surface area contributed by atoms with Gasteiger partial charge in [-0.05, 0) is 19.9 Å². The van der Waals surface area contributed by atoms with Crippen LogP contribution in [0, 0.1) is 0 Å². The van der Waals surface area contributed by atoms with Crippen molar-refractivity contribution in [3.8, 4) is 0 Å². The van der Waals surface area contributed by atoms with Gasteiger partial charge in [-0.25, -0.2) is 0 Å². The fraction of sp³-hybridized carbons (Fsp3) is 0.333. The number of nitrogens with zero attached hydrogens (tertiary/aromatic N) is 1. The molecule has 0 saturated heterocycles. The Kier molecular flexibility index (Phi) is 2.43. The molecule has 3 heteroatoms. The Balaban J connectivity index is 3.22. The zero-order chi connectivity index (χ0) is 9.14. The van der Waals surface area contributed by atoms with E-state index in [1.807, 2.05) is 13.8 Å². The van der Waals surface area contributed by atoms with E-state index in [2.05, 4.69) is 0 Å². The van der Waals surface area contributed by atoms with E-state index in [-0.39, 0.29) is 6.04 Å². The van der Waals surface area contributed by atoms with Crippen LogP contribution in [-0.2, 0) is 0 Å². The van der Waals surface area contributed by atoms with Crippen molar-refractivity contribution in [3.05, 3.63) is 23.5 Å². The Morgan fingerprint density at radius 3 is 2.42 bits per heavy atom. The first kappa shape index (κ1) is 8.71. The molecule has 0 aliphatic rings. The van der Waals surface area contributed by atoms with Crippen molar-refractivity contribution in [3.63, 3.8) is 0 Å². The van der Waals surface area contributed by atoms with Gasteiger partial charge in [0.1, 0.15) is 0 Å². The van der Waals surface area contributed by atoms with Gasteiger partial charge in [-0.15, -0.1) is 0 Å². The lowest BCUT2D eigenvalue weighted by molar-refractivity contribution is 0.108. The molecular weight excluding hydrogens is 154 g/mol. The molecule has 1 aromatic rings. The average molecular weight is 165 g/mol. The van der Waals surface area contributed by atoms with E-state index in [0.717, 1.165) is 0 Å². The van der Waals surface area contributed by atoms with Crippen LogP contribution in [0.1, 0.15) is 40.7 Å². The second kappa shape index (κ2) is 3.34. The Morgan fingerprint density at radius 1 is 1.33 bits per heavy atom. The van der Waals surface area contributed by atoms with E-state index in [9.17, 15) is 9.59 Å². The minimum absolute atomic E-state index is 0.207. The molecule has 0 N–H and O–H groups in total. The Labute approximate surface area is 71.0 Å². The number of hydrogen-bond acceptors (Lipinski definition) is 2. The number of aldehydes is 2. The highest BCUT2D eigenvalue weighted by Gasteiger charge is 2.08. The molecule has 0 bridgehead atoms. The van der Waals surface area contributed by atoms with Crippen LogP contribution in [0.2, 0.25) is 0 Å². The monoisotopic (exact) mass is 165 g/mol. The highest BCUT2D eigenvalue weighted by Crippen LogP contribution is 2.12. The van der Waals surface area contributed by atoms with Gasteiger partial charge in [0.2, 0.25) is 0 Å². The van der Waals surface area contributed by atoms with Crippen molar-refractivity contribution < 1.29 is 9.59 Å². The Morgan fingerprint density at radius 2 is 2.00 bits per heavy atom. The van der Waals surface area contributed by atoms with Gasteiger partial charge in [-0.3, -0.25) is 9.59 Å². The third kappa shape index (κ3) is 1.30. The minimum atomic E-state index is 0.207. The predicted molar refractivity (Wildman–Crippen MR) is 45.6 cm³/mol. The van der Waals surface area contributed by atoms with Gasteiger partial charge in [-0.1, -0.05) is 0 Å². The van der Waals surface area contributed by atoms with Gasteiger partial charge in [-0.2, -0.15) is 0 Å². The first-order valence-corrected chi connectivity index (χ1v) is 3.82. The number of carbonyl (C=O) groups is 2. The highest BCUT2D eigenvalue weighted by atomic mass is 16.1. The molecular formula is C9H11NO2. The molecule has 0 unspecified atom stereocenters. The summed E-state index contributed by atoms with van der Waals surface area (Å²) >= 11 is 0. The van der Waals surface area contributed by atoms with Crippen molar-refractivity contribution in [2.75, 3.05) is 0 Å². The lowest BCUT2D eigenvalue weighted by Crippen LogP contribution is -2.04. The van der Waals surface area contributed by atoms with Crippen molar-refractivity contribution in [1.82, 2.24) is 4.57 Å². The van der Waals surface area contributed by atoms with Crippen LogP contribution in [0.15, 0.2) is 12.3 Å². The molecule has 0 aliphatic carbocycles. The van der Waals surface area contributed by atoms with Crippen LogP contribution >= 0.6 is 0 Å². The number of rotatable bonds is 3. The SMILES string of the molecule is CC(C)n1ccc(C=O)c1C=O. The lowest BCUT2D eigenvalue weighted by Gasteiger charge is -2.08. The molecule has 1 rings (SSSR count). The van der Waals surface area contributed by atoms with E-state index in [0.29, 0.717) is 23.8 Å². The second-order valence-corrected chi connectivity index (χ2v) is 2.89. The van der Waals surface area contributed by atoms with E-state index in [4.69, 9.17) is 0 Å². The summed E-state index contributed by atoms with van der Waals surface area (Å²) in [4.78, 5) is 21.0. The standard InChI is InChI=1S/C9H11NO2/c1-7(2)10-4-3-8(5-11)9(10)6-12/h3-7H,1-2H3. The van der Waals surface area contributed by atoms with Crippen LogP contribution in [0.25, 0.3) is 0 Å². The zero-order valence-electron chi connectivity index (χ0n) is 7.15. The van der Waals surface area contributed by atoms with Crippen molar-refractivity contribution in [2.45, 2.75) is 19.9 Å². The molecule has 0 radical (unpaired) electrons. The minimum Gasteiger partial charge on any atom is -0.342 e. The second-order valence-electron chi connectivity index (χ2n) is 2.89. The van der Waals surface area contributed by atoms with E-state index in [1.54, 1.807) is 16.8 Å². The molecule has 1 aromatic heterocycles. The molecule has 1 heterocycles. The molecule has 0 aromatic carbocycles. The molecule has 3 nitrogen and oxygen atoms in total. The summed E-state index contributed by atoms with van der Waals surface area (Å²) in [5.74, 6) is 0. The third-order valence-corrected chi connectivity index (χ3v) is 1.78. The number of aromatic nitrogens is 1. The zero-order valence-corrected chi connectivity index (χ0v) is 7.15. The summed E-state index contributed by atoms with van der Waals surface area (Å²) < 4.78 is 1.77. The highest BCUT2D eigenvalue weighted by molar-refractivity contribution is 5.89. The Bertz CT molecular complexity index is 299. The summed E-state index contributed by atoms with van der Waals surface area (Å²) in [6, 6.07) is 1.86. The quantitative estimate of drug-likeness (QED) is 0.639. The van der Waals surface area contributed by atoms with Crippen LogP contribution < -0.4 is 0 Å². The summed E-state index contributed by atoms with van der Waals surface area (Å²) in [5.41, 5.74) is 0.915. The summed E-state index contributed by atoms with van der Waals surface area (Å²) in [5, 5.41) is 0. The van der Waals surface area contributed by atoms with Gasteiger partial charge in [0.05, 0.1) is 5.69 Å². The van der Waals surface area contributed by atoms with Gasteiger partial charge in [0, 0.05) is 17.8 Å². The van der Waals surface area contributed by atoms with Crippen molar-refractivity contribution in [2.24, 2.45) is 0 Å². The molecule has 0 spiro atoms. The molecule has 0 atom stereocenters. The van der Waals surface area contributed by atoms with Crippen molar-refractivity contribution in [1.29, 1.82) is 0 Å². The van der Waals surface area contributed by atoms with Gasteiger partial charge in [0.15, 0.2) is 12.6 Å².